The molecule has 0 aliphatic heterocycles. The van der Waals surface area contributed by atoms with Crippen molar-refractivity contribution < 1.29 is 0 Å². The second-order valence-electron chi connectivity index (χ2n) is 6.36. The van der Waals surface area contributed by atoms with Crippen LogP contribution in [-0.4, -0.2) is 14.5 Å². The van der Waals surface area contributed by atoms with Crippen LogP contribution in [0.15, 0.2) is 60.4 Å². The molecular weight excluding hydrogens is 362 g/mol. The number of halogens is 1. The standard InChI is InChI=1S/C21H18ClN3S/c1-14-3-4-16(9-19(14)22)10-21-24-20(12-26-21)17-5-7-18(8-6-17)25-11-15(2)23-13-25/h3-9,11-13H,10H2,1-2H3. The predicted molar refractivity (Wildman–Crippen MR) is 108 cm³/mol. The molecule has 0 saturated heterocycles. The Morgan fingerprint density at radius 3 is 2.58 bits per heavy atom. The molecule has 5 heteroatoms. The molecule has 4 aromatic rings. The third-order valence-electron chi connectivity index (χ3n) is 4.32. The summed E-state index contributed by atoms with van der Waals surface area (Å²) in [5.74, 6) is 0. The molecule has 3 nitrogen and oxygen atoms in total. The molecule has 26 heavy (non-hydrogen) atoms. The highest BCUT2D eigenvalue weighted by molar-refractivity contribution is 7.10. The Labute approximate surface area is 161 Å². The minimum absolute atomic E-state index is 0.803. The number of thiazole rings is 1. The minimum Gasteiger partial charge on any atom is -0.306 e. The van der Waals surface area contributed by atoms with Crippen molar-refractivity contribution >= 4 is 22.9 Å². The quantitative estimate of drug-likeness (QED) is 0.444. The maximum atomic E-state index is 6.22. The number of imidazole rings is 1. The van der Waals surface area contributed by atoms with Crippen LogP contribution in [0.5, 0.6) is 0 Å². The van der Waals surface area contributed by atoms with Gasteiger partial charge in [-0.2, -0.15) is 0 Å². The van der Waals surface area contributed by atoms with Crippen LogP contribution in [0, 0.1) is 13.8 Å². The molecule has 0 saturated carbocycles. The molecule has 0 aliphatic rings. The molecule has 0 amide bonds. The lowest BCUT2D eigenvalue weighted by atomic mass is 10.1. The summed E-state index contributed by atoms with van der Waals surface area (Å²) in [6, 6.07) is 14.6. The van der Waals surface area contributed by atoms with Gasteiger partial charge >= 0.3 is 0 Å². The topological polar surface area (TPSA) is 30.7 Å². The summed E-state index contributed by atoms with van der Waals surface area (Å²) in [4.78, 5) is 9.06. The van der Waals surface area contributed by atoms with Crippen LogP contribution in [-0.2, 0) is 6.42 Å². The lowest BCUT2D eigenvalue weighted by molar-refractivity contribution is 1.06. The lowest BCUT2D eigenvalue weighted by Gasteiger charge is -2.03. The van der Waals surface area contributed by atoms with Gasteiger partial charge in [0.05, 0.1) is 22.7 Å². The van der Waals surface area contributed by atoms with E-state index in [1.807, 2.05) is 37.0 Å². The van der Waals surface area contributed by atoms with Crippen LogP contribution in [0.3, 0.4) is 0 Å². The van der Waals surface area contributed by atoms with E-state index in [1.54, 1.807) is 11.3 Å². The van der Waals surface area contributed by atoms with Crippen molar-refractivity contribution in [2.45, 2.75) is 20.3 Å². The first kappa shape index (κ1) is 17.0. The van der Waals surface area contributed by atoms with Gasteiger partial charge in [0.25, 0.3) is 0 Å². The molecule has 0 unspecified atom stereocenters. The van der Waals surface area contributed by atoms with Gasteiger partial charge in [-0.15, -0.1) is 11.3 Å². The second kappa shape index (κ2) is 7.06. The molecule has 2 heterocycles. The largest absolute Gasteiger partial charge is 0.306 e. The Morgan fingerprint density at radius 1 is 1.08 bits per heavy atom. The average Bonchev–Trinajstić information content (AvgIpc) is 3.28. The number of aryl methyl sites for hydroxylation is 2. The molecule has 2 aromatic carbocycles. The molecule has 0 radical (unpaired) electrons. The van der Waals surface area contributed by atoms with E-state index in [-0.39, 0.29) is 0 Å². The van der Waals surface area contributed by atoms with Gasteiger partial charge in [0, 0.05) is 34.3 Å². The van der Waals surface area contributed by atoms with Gasteiger partial charge in [0.2, 0.25) is 0 Å². The Bertz CT molecular complexity index is 1050. The fraction of sp³-hybridized carbons (Fsp3) is 0.143. The van der Waals surface area contributed by atoms with E-state index in [0.717, 1.165) is 44.7 Å². The number of rotatable bonds is 4. The van der Waals surface area contributed by atoms with Crippen LogP contribution < -0.4 is 0 Å². The van der Waals surface area contributed by atoms with Crippen molar-refractivity contribution in [2.24, 2.45) is 0 Å². The number of hydrogen-bond donors (Lipinski definition) is 0. The van der Waals surface area contributed by atoms with Gasteiger partial charge in [0.15, 0.2) is 0 Å². The smallest absolute Gasteiger partial charge is 0.0995 e. The van der Waals surface area contributed by atoms with E-state index in [2.05, 4.69) is 46.8 Å². The van der Waals surface area contributed by atoms with Gasteiger partial charge in [-0.25, -0.2) is 9.97 Å². The molecule has 0 atom stereocenters. The molecule has 0 bridgehead atoms. The van der Waals surface area contributed by atoms with Crippen molar-refractivity contribution in [1.29, 1.82) is 0 Å². The third-order valence-corrected chi connectivity index (χ3v) is 5.57. The van der Waals surface area contributed by atoms with Gasteiger partial charge in [-0.3, -0.25) is 0 Å². The minimum atomic E-state index is 0.803. The maximum Gasteiger partial charge on any atom is 0.0995 e. The van der Waals surface area contributed by atoms with Crippen LogP contribution in [0.2, 0.25) is 5.02 Å². The van der Waals surface area contributed by atoms with Crippen molar-refractivity contribution in [3.05, 3.63) is 87.2 Å². The average molecular weight is 380 g/mol. The summed E-state index contributed by atoms with van der Waals surface area (Å²) in [5, 5.41) is 4.01. The van der Waals surface area contributed by atoms with Gasteiger partial charge in [0.1, 0.15) is 0 Å². The van der Waals surface area contributed by atoms with Crippen LogP contribution in [0.25, 0.3) is 16.9 Å². The molecule has 0 spiro atoms. The fourth-order valence-electron chi connectivity index (χ4n) is 2.81. The Kier molecular flexibility index (Phi) is 4.62. The Morgan fingerprint density at radius 2 is 1.88 bits per heavy atom. The first-order chi connectivity index (χ1) is 12.6. The molecular formula is C21H18ClN3S. The van der Waals surface area contributed by atoms with Crippen molar-refractivity contribution in [2.75, 3.05) is 0 Å². The summed E-state index contributed by atoms with van der Waals surface area (Å²) in [6.07, 6.45) is 4.65. The number of hydrogen-bond acceptors (Lipinski definition) is 3. The Balaban J connectivity index is 1.53. The van der Waals surface area contributed by atoms with E-state index in [9.17, 15) is 0 Å². The fourth-order valence-corrected chi connectivity index (χ4v) is 3.85. The molecule has 0 aliphatic carbocycles. The summed E-state index contributed by atoms with van der Waals surface area (Å²) in [6.45, 7) is 4.01. The van der Waals surface area contributed by atoms with Gasteiger partial charge in [-0.1, -0.05) is 35.9 Å². The zero-order valence-electron chi connectivity index (χ0n) is 14.6. The van der Waals surface area contributed by atoms with E-state index in [4.69, 9.17) is 16.6 Å². The molecule has 2 aromatic heterocycles. The van der Waals surface area contributed by atoms with Gasteiger partial charge in [-0.05, 0) is 43.2 Å². The molecule has 4 rings (SSSR count). The highest BCUT2D eigenvalue weighted by Crippen LogP contribution is 2.26. The summed E-state index contributed by atoms with van der Waals surface area (Å²) in [7, 11) is 0. The number of benzene rings is 2. The predicted octanol–water partition coefficient (Wildman–Crippen LogP) is 5.86. The van der Waals surface area contributed by atoms with E-state index < -0.39 is 0 Å². The highest BCUT2D eigenvalue weighted by atomic mass is 35.5. The first-order valence-corrected chi connectivity index (χ1v) is 9.65. The van der Waals surface area contributed by atoms with Crippen LogP contribution in [0.1, 0.15) is 21.8 Å². The van der Waals surface area contributed by atoms with Crippen molar-refractivity contribution in [3.8, 4) is 16.9 Å². The molecule has 130 valence electrons. The first-order valence-electron chi connectivity index (χ1n) is 8.39. The SMILES string of the molecule is Cc1cn(-c2ccc(-c3csc(Cc4ccc(C)c(Cl)c4)n3)cc2)cn1. The Hall–Kier alpha value is -2.43. The monoisotopic (exact) mass is 379 g/mol. The third kappa shape index (κ3) is 3.57. The van der Waals surface area contributed by atoms with Crippen LogP contribution >= 0.6 is 22.9 Å². The highest BCUT2D eigenvalue weighted by Gasteiger charge is 2.07. The number of aromatic nitrogens is 3. The van der Waals surface area contributed by atoms with Crippen molar-refractivity contribution in [1.82, 2.24) is 14.5 Å². The zero-order chi connectivity index (χ0) is 18.1. The normalized spacial score (nSPS) is 11.0. The zero-order valence-corrected chi connectivity index (χ0v) is 16.2. The van der Waals surface area contributed by atoms with Crippen molar-refractivity contribution in [3.63, 3.8) is 0 Å². The molecule has 0 N–H and O–H groups in total. The number of nitrogens with zero attached hydrogens (tertiary/aromatic N) is 3. The summed E-state index contributed by atoms with van der Waals surface area (Å²) < 4.78 is 2.02. The summed E-state index contributed by atoms with van der Waals surface area (Å²) in [5.41, 5.74) is 6.52. The lowest BCUT2D eigenvalue weighted by Crippen LogP contribution is -1.90. The maximum absolute atomic E-state index is 6.22. The van der Waals surface area contributed by atoms with Crippen LogP contribution in [0.4, 0.5) is 0 Å². The van der Waals surface area contributed by atoms with E-state index >= 15 is 0 Å². The van der Waals surface area contributed by atoms with E-state index in [0.29, 0.717) is 0 Å². The van der Waals surface area contributed by atoms with Gasteiger partial charge < -0.3 is 4.57 Å². The summed E-state index contributed by atoms with van der Waals surface area (Å²) >= 11 is 7.91. The second-order valence-corrected chi connectivity index (χ2v) is 7.71. The molecule has 0 fully saturated rings. The van der Waals surface area contributed by atoms with E-state index in [1.165, 1.54) is 5.56 Å².